The van der Waals surface area contributed by atoms with Gasteiger partial charge in [-0.3, -0.25) is 9.69 Å². The molecule has 5 nitrogen and oxygen atoms in total. The Morgan fingerprint density at radius 1 is 1.69 bits per heavy atom. The SMILES string of the molecule is CNC(CN(C)C1CCCN(C)C1)C(=O)O. The van der Waals surface area contributed by atoms with Gasteiger partial charge in [0, 0.05) is 19.1 Å². The maximum absolute atomic E-state index is 10.9. The smallest absolute Gasteiger partial charge is 0.322 e. The van der Waals surface area contributed by atoms with E-state index in [9.17, 15) is 4.79 Å². The molecule has 0 aromatic rings. The summed E-state index contributed by atoms with van der Waals surface area (Å²) in [7, 11) is 5.82. The third-order valence-electron chi connectivity index (χ3n) is 3.34. The number of carbonyl (C=O) groups is 1. The van der Waals surface area contributed by atoms with Gasteiger partial charge in [-0.1, -0.05) is 0 Å². The highest BCUT2D eigenvalue weighted by molar-refractivity contribution is 5.73. The van der Waals surface area contributed by atoms with Gasteiger partial charge in [0.15, 0.2) is 0 Å². The number of hydrogen-bond donors (Lipinski definition) is 2. The molecule has 0 saturated carbocycles. The van der Waals surface area contributed by atoms with Crippen molar-refractivity contribution >= 4 is 5.97 Å². The maximum Gasteiger partial charge on any atom is 0.322 e. The summed E-state index contributed by atoms with van der Waals surface area (Å²) in [5.41, 5.74) is 0. The van der Waals surface area contributed by atoms with E-state index >= 15 is 0 Å². The Hall–Kier alpha value is -0.650. The highest BCUT2D eigenvalue weighted by Gasteiger charge is 2.25. The minimum Gasteiger partial charge on any atom is -0.480 e. The number of carboxylic acids is 1. The van der Waals surface area contributed by atoms with Crippen LogP contribution in [-0.4, -0.2) is 73.7 Å². The van der Waals surface area contributed by atoms with Crippen molar-refractivity contribution < 1.29 is 9.90 Å². The summed E-state index contributed by atoms with van der Waals surface area (Å²) in [5, 5.41) is 11.8. The molecule has 0 aromatic heterocycles. The Bertz CT molecular complexity index is 235. The van der Waals surface area contributed by atoms with Gasteiger partial charge < -0.3 is 15.3 Å². The zero-order valence-electron chi connectivity index (χ0n) is 10.4. The molecule has 5 heteroatoms. The van der Waals surface area contributed by atoms with Gasteiger partial charge in [-0.15, -0.1) is 0 Å². The largest absolute Gasteiger partial charge is 0.480 e. The normalized spacial score (nSPS) is 24.6. The highest BCUT2D eigenvalue weighted by atomic mass is 16.4. The molecule has 16 heavy (non-hydrogen) atoms. The average molecular weight is 229 g/mol. The van der Waals surface area contributed by atoms with Gasteiger partial charge in [-0.2, -0.15) is 0 Å². The molecule has 2 atom stereocenters. The van der Waals surface area contributed by atoms with Crippen molar-refractivity contribution in [1.82, 2.24) is 15.1 Å². The molecule has 2 N–H and O–H groups in total. The number of likely N-dealkylation sites (tertiary alicyclic amines) is 1. The summed E-state index contributed by atoms with van der Waals surface area (Å²) in [4.78, 5) is 15.4. The Morgan fingerprint density at radius 3 is 2.88 bits per heavy atom. The van der Waals surface area contributed by atoms with E-state index in [0.29, 0.717) is 12.6 Å². The summed E-state index contributed by atoms with van der Waals surface area (Å²) in [5.74, 6) is -0.779. The molecule has 0 aliphatic carbocycles. The number of piperidine rings is 1. The monoisotopic (exact) mass is 229 g/mol. The number of carboxylic acid groups (broad SMARTS) is 1. The summed E-state index contributed by atoms with van der Waals surface area (Å²) < 4.78 is 0. The number of hydrogen-bond acceptors (Lipinski definition) is 4. The molecule has 0 spiro atoms. The van der Waals surface area contributed by atoms with Crippen LogP contribution in [0, 0.1) is 0 Å². The molecule has 1 rings (SSSR count). The Labute approximate surface area is 97.4 Å². The lowest BCUT2D eigenvalue weighted by molar-refractivity contribution is -0.140. The topological polar surface area (TPSA) is 55.8 Å². The van der Waals surface area contributed by atoms with Gasteiger partial charge in [0.2, 0.25) is 0 Å². The van der Waals surface area contributed by atoms with E-state index in [1.54, 1.807) is 7.05 Å². The molecule has 1 heterocycles. The van der Waals surface area contributed by atoms with Crippen molar-refractivity contribution in [2.24, 2.45) is 0 Å². The number of aliphatic carboxylic acids is 1. The van der Waals surface area contributed by atoms with E-state index in [1.807, 2.05) is 7.05 Å². The van der Waals surface area contributed by atoms with E-state index in [4.69, 9.17) is 5.11 Å². The zero-order valence-corrected chi connectivity index (χ0v) is 10.4. The van der Waals surface area contributed by atoms with Crippen LogP contribution in [0.4, 0.5) is 0 Å². The molecule has 1 aliphatic rings. The quantitative estimate of drug-likeness (QED) is 0.677. The molecule has 2 unspecified atom stereocenters. The average Bonchev–Trinajstić information content (AvgIpc) is 2.25. The van der Waals surface area contributed by atoms with Crippen LogP contribution < -0.4 is 5.32 Å². The number of nitrogens with one attached hydrogen (secondary N) is 1. The van der Waals surface area contributed by atoms with Crippen LogP contribution in [0.3, 0.4) is 0 Å². The van der Waals surface area contributed by atoms with Gasteiger partial charge in [0.1, 0.15) is 6.04 Å². The molecule has 0 bridgehead atoms. The van der Waals surface area contributed by atoms with E-state index in [2.05, 4.69) is 22.2 Å². The molecule has 1 saturated heterocycles. The molecular weight excluding hydrogens is 206 g/mol. The van der Waals surface area contributed by atoms with E-state index in [-0.39, 0.29) is 0 Å². The van der Waals surface area contributed by atoms with Crippen molar-refractivity contribution in [3.8, 4) is 0 Å². The third-order valence-corrected chi connectivity index (χ3v) is 3.34. The van der Waals surface area contributed by atoms with Gasteiger partial charge in [0.05, 0.1) is 0 Å². The highest BCUT2D eigenvalue weighted by Crippen LogP contribution is 2.13. The number of rotatable bonds is 5. The third kappa shape index (κ3) is 3.73. The van der Waals surface area contributed by atoms with Gasteiger partial charge in [-0.05, 0) is 40.5 Å². The van der Waals surface area contributed by atoms with Gasteiger partial charge >= 0.3 is 5.97 Å². The van der Waals surface area contributed by atoms with Crippen molar-refractivity contribution in [3.05, 3.63) is 0 Å². The molecular formula is C11H23N3O2. The van der Waals surface area contributed by atoms with Crippen molar-refractivity contribution in [2.75, 3.05) is 40.8 Å². The molecule has 0 amide bonds. The first-order valence-electron chi connectivity index (χ1n) is 5.83. The minimum atomic E-state index is -0.779. The van der Waals surface area contributed by atoms with Crippen LogP contribution >= 0.6 is 0 Å². The second-order valence-corrected chi connectivity index (χ2v) is 4.68. The van der Waals surface area contributed by atoms with Gasteiger partial charge in [0.25, 0.3) is 0 Å². The predicted octanol–water partition coefficient (Wildman–Crippen LogP) is -0.315. The molecule has 0 radical (unpaired) electrons. The van der Waals surface area contributed by atoms with Crippen LogP contribution in [0.25, 0.3) is 0 Å². The number of likely N-dealkylation sites (N-methyl/N-ethyl adjacent to an activating group) is 3. The predicted molar refractivity (Wildman–Crippen MR) is 63.6 cm³/mol. The van der Waals surface area contributed by atoms with E-state index in [1.165, 1.54) is 6.42 Å². The summed E-state index contributed by atoms with van der Waals surface area (Å²) in [6.07, 6.45) is 2.36. The summed E-state index contributed by atoms with van der Waals surface area (Å²) >= 11 is 0. The van der Waals surface area contributed by atoms with Crippen LogP contribution in [0.5, 0.6) is 0 Å². The standard InChI is InChI=1S/C11H23N3O2/c1-12-10(11(15)16)8-14(3)9-5-4-6-13(2)7-9/h9-10,12H,4-8H2,1-3H3,(H,15,16). The second-order valence-electron chi connectivity index (χ2n) is 4.68. The van der Waals surface area contributed by atoms with Crippen LogP contribution in [0.15, 0.2) is 0 Å². The van der Waals surface area contributed by atoms with Crippen LogP contribution in [0.1, 0.15) is 12.8 Å². The van der Waals surface area contributed by atoms with Crippen LogP contribution in [-0.2, 0) is 4.79 Å². The Balaban J connectivity index is 2.43. The lowest BCUT2D eigenvalue weighted by Gasteiger charge is -2.36. The lowest BCUT2D eigenvalue weighted by atomic mass is 10.0. The second kappa shape index (κ2) is 6.18. The molecule has 0 aromatic carbocycles. The van der Waals surface area contributed by atoms with Gasteiger partial charge in [-0.25, -0.2) is 0 Å². The Kier molecular flexibility index (Phi) is 5.18. The maximum atomic E-state index is 10.9. The summed E-state index contributed by atoms with van der Waals surface area (Å²) in [6, 6.07) is 0.00572. The first-order valence-corrected chi connectivity index (χ1v) is 5.83. The van der Waals surface area contributed by atoms with Crippen molar-refractivity contribution in [1.29, 1.82) is 0 Å². The van der Waals surface area contributed by atoms with Crippen LogP contribution in [0.2, 0.25) is 0 Å². The number of nitrogens with zero attached hydrogens (tertiary/aromatic N) is 2. The first kappa shape index (κ1) is 13.4. The fourth-order valence-corrected chi connectivity index (χ4v) is 2.23. The molecule has 1 aliphatic heterocycles. The van der Waals surface area contributed by atoms with E-state index < -0.39 is 12.0 Å². The molecule has 94 valence electrons. The fraction of sp³-hybridized carbons (Fsp3) is 0.909. The van der Waals surface area contributed by atoms with Crippen molar-refractivity contribution in [2.45, 2.75) is 24.9 Å². The first-order chi connectivity index (χ1) is 7.54. The summed E-state index contributed by atoms with van der Waals surface area (Å²) in [6.45, 7) is 2.75. The minimum absolute atomic E-state index is 0.475. The lowest BCUT2D eigenvalue weighted by Crippen LogP contribution is -2.51. The Morgan fingerprint density at radius 2 is 2.38 bits per heavy atom. The van der Waals surface area contributed by atoms with E-state index in [0.717, 1.165) is 19.5 Å². The fourth-order valence-electron chi connectivity index (χ4n) is 2.23. The molecule has 1 fully saturated rings. The van der Waals surface area contributed by atoms with Crippen molar-refractivity contribution in [3.63, 3.8) is 0 Å². The zero-order chi connectivity index (χ0) is 12.1.